The number of ether oxygens (including phenoxy) is 1. The molecule has 0 aliphatic rings. The molecule has 2 aromatic rings. The van der Waals surface area contributed by atoms with E-state index in [0.717, 1.165) is 14.0 Å². The van der Waals surface area contributed by atoms with Crippen LogP contribution in [-0.2, 0) is 0 Å². The minimum Gasteiger partial charge on any atom is -0.494 e. The van der Waals surface area contributed by atoms with E-state index in [1.807, 2.05) is 0 Å². The first kappa shape index (κ1) is 16.3. The maximum atomic E-state index is 14.0. The number of hydrogen-bond donors (Lipinski definition) is 0. The second-order valence-corrected chi connectivity index (χ2v) is 4.60. The van der Waals surface area contributed by atoms with Gasteiger partial charge in [-0.3, -0.25) is 0 Å². The third-order valence-electron chi connectivity index (χ3n) is 3.28. The minimum atomic E-state index is -1.58. The molecule has 0 amide bonds. The fourth-order valence-electron chi connectivity index (χ4n) is 2.02. The fraction of sp³-hybridized carbons (Fsp3) is 0.143. The van der Waals surface area contributed by atoms with Crippen molar-refractivity contribution in [2.45, 2.75) is 6.92 Å². The van der Waals surface area contributed by atoms with Gasteiger partial charge in [-0.2, -0.15) is 0 Å². The standard InChI is InChI=1S/C14H9BF6O/c1-5-6(16)3-7(17)10(12(5)19)15-11-13(20)8(18)4-9(22-2)14(11)21/h3-4,15H,1-2H3. The Bertz CT molecular complexity index is 747. The highest BCUT2D eigenvalue weighted by atomic mass is 19.2. The summed E-state index contributed by atoms with van der Waals surface area (Å²) in [6.45, 7) is 1.05. The van der Waals surface area contributed by atoms with Crippen LogP contribution in [0.1, 0.15) is 5.56 Å². The second kappa shape index (κ2) is 5.94. The van der Waals surface area contributed by atoms with E-state index in [1.54, 1.807) is 0 Å². The van der Waals surface area contributed by atoms with E-state index < -0.39 is 64.4 Å². The van der Waals surface area contributed by atoms with Crippen LogP contribution in [0.25, 0.3) is 0 Å². The summed E-state index contributed by atoms with van der Waals surface area (Å²) in [5.41, 5.74) is -2.16. The first-order valence-electron chi connectivity index (χ1n) is 6.11. The molecular formula is C14H9BF6O. The SMILES string of the molecule is COc1cc(F)c(F)c(Bc2c(F)cc(F)c(C)c2F)c1F. The van der Waals surface area contributed by atoms with E-state index in [4.69, 9.17) is 0 Å². The van der Waals surface area contributed by atoms with Crippen LogP contribution in [0, 0.1) is 41.8 Å². The first-order valence-corrected chi connectivity index (χ1v) is 6.11. The summed E-state index contributed by atoms with van der Waals surface area (Å²) in [5.74, 6) is -8.61. The molecule has 2 rings (SSSR count). The largest absolute Gasteiger partial charge is 0.494 e. The number of benzene rings is 2. The summed E-state index contributed by atoms with van der Waals surface area (Å²) in [6.07, 6.45) is 0. The van der Waals surface area contributed by atoms with Gasteiger partial charge in [0.1, 0.15) is 17.5 Å². The van der Waals surface area contributed by atoms with E-state index >= 15 is 0 Å². The van der Waals surface area contributed by atoms with Crippen LogP contribution in [0.15, 0.2) is 12.1 Å². The Morgan fingerprint density at radius 3 is 2.00 bits per heavy atom. The highest BCUT2D eigenvalue weighted by Gasteiger charge is 2.25. The third-order valence-corrected chi connectivity index (χ3v) is 3.28. The Labute approximate surface area is 122 Å². The van der Waals surface area contributed by atoms with Crippen LogP contribution in [0.3, 0.4) is 0 Å². The Kier molecular flexibility index (Phi) is 4.39. The van der Waals surface area contributed by atoms with Gasteiger partial charge >= 0.3 is 0 Å². The normalized spacial score (nSPS) is 10.7. The molecule has 0 heterocycles. The van der Waals surface area contributed by atoms with Crippen molar-refractivity contribution in [2.24, 2.45) is 0 Å². The summed E-state index contributed by atoms with van der Waals surface area (Å²) in [4.78, 5) is 0. The Morgan fingerprint density at radius 2 is 1.41 bits per heavy atom. The van der Waals surface area contributed by atoms with Crippen LogP contribution >= 0.6 is 0 Å². The molecule has 0 aliphatic carbocycles. The molecule has 0 N–H and O–H groups in total. The number of rotatable bonds is 3. The Balaban J connectivity index is 2.62. The van der Waals surface area contributed by atoms with Gasteiger partial charge in [0.25, 0.3) is 0 Å². The van der Waals surface area contributed by atoms with Crippen molar-refractivity contribution in [1.82, 2.24) is 0 Å². The van der Waals surface area contributed by atoms with E-state index in [1.165, 1.54) is 0 Å². The van der Waals surface area contributed by atoms with Crippen LogP contribution in [0.2, 0.25) is 0 Å². The van der Waals surface area contributed by atoms with E-state index in [-0.39, 0.29) is 0 Å². The lowest BCUT2D eigenvalue weighted by atomic mass is 9.62. The summed E-state index contributed by atoms with van der Waals surface area (Å²) >= 11 is 0. The zero-order chi connectivity index (χ0) is 16.6. The van der Waals surface area contributed by atoms with Gasteiger partial charge in [-0.25, -0.2) is 26.3 Å². The van der Waals surface area contributed by atoms with Gasteiger partial charge < -0.3 is 4.74 Å². The summed E-state index contributed by atoms with van der Waals surface area (Å²) in [6, 6.07) is 0.886. The lowest BCUT2D eigenvalue weighted by Gasteiger charge is -2.11. The van der Waals surface area contributed by atoms with Crippen molar-refractivity contribution < 1.29 is 31.1 Å². The van der Waals surface area contributed by atoms with Gasteiger partial charge in [-0.1, -0.05) is 0 Å². The molecule has 0 spiro atoms. The molecular weight excluding hydrogens is 309 g/mol. The van der Waals surface area contributed by atoms with Crippen LogP contribution in [0.5, 0.6) is 5.75 Å². The van der Waals surface area contributed by atoms with Crippen molar-refractivity contribution in [1.29, 1.82) is 0 Å². The summed E-state index contributed by atoms with van der Waals surface area (Å²) < 4.78 is 86.4. The predicted octanol–water partition coefficient (Wildman–Crippen LogP) is 2.23. The third kappa shape index (κ3) is 2.65. The Morgan fingerprint density at radius 1 is 0.773 bits per heavy atom. The monoisotopic (exact) mass is 318 g/mol. The molecule has 0 saturated heterocycles. The molecule has 1 nitrogen and oxygen atoms in total. The first-order chi connectivity index (χ1) is 10.3. The van der Waals surface area contributed by atoms with Crippen molar-refractivity contribution in [2.75, 3.05) is 7.11 Å². The molecule has 0 atom stereocenters. The molecule has 116 valence electrons. The van der Waals surface area contributed by atoms with Crippen LogP contribution in [-0.4, -0.2) is 14.4 Å². The van der Waals surface area contributed by atoms with Gasteiger partial charge in [-0.15, -0.1) is 0 Å². The van der Waals surface area contributed by atoms with Crippen molar-refractivity contribution in [3.63, 3.8) is 0 Å². The van der Waals surface area contributed by atoms with Gasteiger partial charge in [0.05, 0.1) is 7.11 Å². The zero-order valence-electron chi connectivity index (χ0n) is 11.5. The van der Waals surface area contributed by atoms with Gasteiger partial charge in [0.15, 0.2) is 23.2 Å². The molecule has 0 saturated carbocycles. The average molecular weight is 318 g/mol. The molecule has 0 fully saturated rings. The quantitative estimate of drug-likeness (QED) is 0.479. The number of methoxy groups -OCH3 is 1. The zero-order valence-corrected chi connectivity index (χ0v) is 11.5. The van der Waals surface area contributed by atoms with Gasteiger partial charge in [0.2, 0.25) is 7.28 Å². The lowest BCUT2D eigenvalue weighted by molar-refractivity contribution is 0.379. The Hall–Kier alpha value is -2.12. The highest BCUT2D eigenvalue weighted by molar-refractivity contribution is 6.67. The molecule has 2 aromatic carbocycles. The fourth-order valence-corrected chi connectivity index (χ4v) is 2.02. The molecule has 22 heavy (non-hydrogen) atoms. The highest BCUT2D eigenvalue weighted by Crippen LogP contribution is 2.19. The second-order valence-electron chi connectivity index (χ2n) is 4.60. The van der Waals surface area contributed by atoms with Gasteiger partial charge in [0, 0.05) is 17.7 Å². The smallest absolute Gasteiger partial charge is 0.208 e. The molecule has 0 radical (unpaired) electrons. The van der Waals surface area contributed by atoms with Crippen molar-refractivity contribution in [3.8, 4) is 5.75 Å². The molecule has 0 aliphatic heterocycles. The maximum absolute atomic E-state index is 14.0. The molecule has 0 bridgehead atoms. The molecule has 0 unspecified atom stereocenters. The van der Waals surface area contributed by atoms with Crippen LogP contribution < -0.4 is 15.7 Å². The van der Waals surface area contributed by atoms with E-state index in [2.05, 4.69) is 4.74 Å². The number of halogens is 6. The molecule has 0 aromatic heterocycles. The van der Waals surface area contributed by atoms with Crippen molar-refractivity contribution in [3.05, 3.63) is 52.6 Å². The average Bonchev–Trinajstić information content (AvgIpc) is 2.48. The number of hydrogen-bond acceptors (Lipinski definition) is 1. The molecule has 8 heteroatoms. The van der Waals surface area contributed by atoms with Crippen LogP contribution in [0.4, 0.5) is 26.3 Å². The van der Waals surface area contributed by atoms with Gasteiger partial charge in [-0.05, 0) is 17.8 Å². The lowest BCUT2D eigenvalue weighted by Crippen LogP contribution is -2.38. The minimum absolute atomic E-state index is 0.403. The van der Waals surface area contributed by atoms with E-state index in [9.17, 15) is 26.3 Å². The summed E-state index contributed by atoms with van der Waals surface area (Å²) in [5, 5.41) is 0. The summed E-state index contributed by atoms with van der Waals surface area (Å²) in [7, 11) is 0.104. The van der Waals surface area contributed by atoms with E-state index in [0.29, 0.717) is 12.1 Å². The topological polar surface area (TPSA) is 9.23 Å². The predicted molar refractivity (Wildman–Crippen MR) is 70.3 cm³/mol. The maximum Gasteiger partial charge on any atom is 0.208 e. The van der Waals surface area contributed by atoms with Crippen molar-refractivity contribution >= 4 is 18.2 Å².